The van der Waals surface area contributed by atoms with Crippen molar-refractivity contribution in [3.63, 3.8) is 0 Å². The fourth-order valence-corrected chi connectivity index (χ4v) is 3.92. The van der Waals surface area contributed by atoms with Crippen LogP contribution in [-0.4, -0.2) is 53.9 Å². The Morgan fingerprint density at radius 2 is 2.13 bits per heavy atom. The largest absolute Gasteiger partial charge is 0.469 e. The number of nitrogens with one attached hydrogen (secondary N) is 2. The van der Waals surface area contributed by atoms with Crippen LogP contribution in [0.5, 0.6) is 0 Å². The van der Waals surface area contributed by atoms with Crippen molar-refractivity contribution in [3.05, 3.63) is 46.7 Å². The van der Waals surface area contributed by atoms with E-state index in [-0.39, 0.29) is 24.3 Å². The van der Waals surface area contributed by atoms with Crippen LogP contribution in [-0.2, 0) is 16.0 Å². The zero-order chi connectivity index (χ0) is 21.7. The lowest BCUT2D eigenvalue weighted by Crippen LogP contribution is -2.46. The Kier molecular flexibility index (Phi) is 6.97. The fourth-order valence-electron chi connectivity index (χ4n) is 3.92. The first-order chi connectivity index (χ1) is 14.4. The van der Waals surface area contributed by atoms with Crippen molar-refractivity contribution in [2.45, 2.75) is 40.0 Å². The van der Waals surface area contributed by atoms with E-state index in [0.717, 1.165) is 18.6 Å². The van der Waals surface area contributed by atoms with Gasteiger partial charge in [0.15, 0.2) is 0 Å². The van der Waals surface area contributed by atoms with Gasteiger partial charge in [0.25, 0.3) is 5.91 Å². The highest BCUT2D eigenvalue weighted by molar-refractivity contribution is 6.00. The maximum absolute atomic E-state index is 13.1. The summed E-state index contributed by atoms with van der Waals surface area (Å²) in [6, 6.07) is 3.69. The fraction of sp³-hybridized carbons (Fsp3) is 0.500. The number of rotatable bonds is 7. The van der Waals surface area contributed by atoms with Crippen LogP contribution < -0.4 is 5.32 Å². The Hall–Kier alpha value is -3.03. The standard InChI is InChI=1S/C22H29N3O5/c1-4-29-22(28)18-14(2)19(24-15(18)3)21(27)25-11-5-7-16(13-25)20(26)23-10-9-17-8-6-12-30-17/h6,8,12,16,24H,4-5,7,9-11,13H2,1-3H3,(H,23,26)/t16-/m0/s1. The van der Waals surface area contributed by atoms with E-state index in [1.807, 2.05) is 12.1 Å². The lowest BCUT2D eigenvalue weighted by molar-refractivity contribution is -0.126. The number of hydrogen-bond acceptors (Lipinski definition) is 5. The third-order valence-corrected chi connectivity index (χ3v) is 5.46. The van der Waals surface area contributed by atoms with Crippen LogP contribution in [0.4, 0.5) is 0 Å². The molecule has 1 fully saturated rings. The van der Waals surface area contributed by atoms with Gasteiger partial charge in [-0.05, 0) is 51.3 Å². The van der Waals surface area contributed by atoms with Crippen LogP contribution in [0.3, 0.4) is 0 Å². The number of carbonyl (C=O) groups excluding carboxylic acids is 3. The number of esters is 1. The summed E-state index contributed by atoms with van der Waals surface area (Å²) in [4.78, 5) is 42.6. The molecule has 2 aromatic rings. The number of carbonyl (C=O) groups is 3. The van der Waals surface area contributed by atoms with Gasteiger partial charge in [-0.15, -0.1) is 0 Å². The second-order valence-corrected chi connectivity index (χ2v) is 7.56. The minimum absolute atomic E-state index is 0.0503. The average molecular weight is 415 g/mol. The summed E-state index contributed by atoms with van der Waals surface area (Å²) in [5.74, 6) is -0.105. The van der Waals surface area contributed by atoms with Crippen molar-refractivity contribution >= 4 is 17.8 Å². The summed E-state index contributed by atoms with van der Waals surface area (Å²) in [6.07, 6.45) is 3.74. The number of aromatic amines is 1. The summed E-state index contributed by atoms with van der Waals surface area (Å²) >= 11 is 0. The molecule has 0 aromatic carbocycles. The molecule has 0 spiro atoms. The molecule has 8 heteroatoms. The number of nitrogens with zero attached hydrogens (tertiary/aromatic N) is 1. The van der Waals surface area contributed by atoms with Gasteiger partial charge in [0.05, 0.1) is 24.4 Å². The number of likely N-dealkylation sites (tertiary alicyclic amines) is 1. The Morgan fingerprint density at radius 1 is 1.33 bits per heavy atom. The van der Waals surface area contributed by atoms with E-state index in [9.17, 15) is 14.4 Å². The molecule has 3 heterocycles. The molecule has 1 aliphatic heterocycles. The van der Waals surface area contributed by atoms with E-state index < -0.39 is 5.97 Å². The summed E-state index contributed by atoms with van der Waals surface area (Å²) in [5, 5.41) is 2.94. The van der Waals surface area contributed by atoms with Crippen LogP contribution in [0.15, 0.2) is 22.8 Å². The topological polar surface area (TPSA) is 105 Å². The summed E-state index contributed by atoms with van der Waals surface area (Å²) in [7, 11) is 0. The molecular weight excluding hydrogens is 386 g/mol. The lowest BCUT2D eigenvalue weighted by Gasteiger charge is -2.32. The van der Waals surface area contributed by atoms with Crippen molar-refractivity contribution in [2.75, 3.05) is 26.2 Å². The van der Waals surface area contributed by atoms with Crippen LogP contribution in [0.1, 0.15) is 57.6 Å². The van der Waals surface area contributed by atoms with Crippen molar-refractivity contribution < 1.29 is 23.5 Å². The van der Waals surface area contributed by atoms with Gasteiger partial charge in [0, 0.05) is 31.7 Å². The summed E-state index contributed by atoms with van der Waals surface area (Å²) in [6.45, 7) is 6.95. The quantitative estimate of drug-likeness (QED) is 0.677. The highest BCUT2D eigenvalue weighted by Crippen LogP contribution is 2.23. The maximum atomic E-state index is 13.1. The molecule has 2 amide bonds. The molecule has 8 nitrogen and oxygen atoms in total. The molecule has 0 bridgehead atoms. The van der Waals surface area contributed by atoms with Gasteiger partial charge in [-0.3, -0.25) is 9.59 Å². The molecule has 0 radical (unpaired) electrons. The molecule has 1 saturated heterocycles. The zero-order valence-electron chi connectivity index (χ0n) is 17.7. The molecule has 2 aromatic heterocycles. The molecule has 0 unspecified atom stereocenters. The minimum Gasteiger partial charge on any atom is -0.469 e. The number of aryl methyl sites for hydroxylation is 1. The highest BCUT2D eigenvalue weighted by Gasteiger charge is 2.31. The number of piperidine rings is 1. The predicted octanol–water partition coefficient (Wildman–Crippen LogP) is 2.61. The number of hydrogen-bond donors (Lipinski definition) is 2. The molecular formula is C22H29N3O5. The highest BCUT2D eigenvalue weighted by atomic mass is 16.5. The smallest absolute Gasteiger partial charge is 0.340 e. The monoisotopic (exact) mass is 415 g/mol. The molecule has 162 valence electrons. The van der Waals surface area contributed by atoms with Gasteiger partial charge in [0.2, 0.25) is 5.91 Å². The third kappa shape index (κ3) is 4.75. The zero-order valence-corrected chi connectivity index (χ0v) is 17.7. The number of aromatic nitrogens is 1. The van der Waals surface area contributed by atoms with E-state index in [0.29, 0.717) is 48.6 Å². The predicted molar refractivity (Wildman–Crippen MR) is 110 cm³/mol. The Balaban J connectivity index is 1.62. The molecule has 30 heavy (non-hydrogen) atoms. The van der Waals surface area contributed by atoms with E-state index in [1.54, 1.807) is 31.9 Å². The van der Waals surface area contributed by atoms with Crippen LogP contribution in [0, 0.1) is 19.8 Å². The third-order valence-electron chi connectivity index (χ3n) is 5.46. The number of ether oxygens (including phenoxy) is 1. The first-order valence-corrected chi connectivity index (χ1v) is 10.4. The number of amides is 2. The van der Waals surface area contributed by atoms with Crippen molar-refractivity contribution in [1.29, 1.82) is 0 Å². The second-order valence-electron chi connectivity index (χ2n) is 7.56. The van der Waals surface area contributed by atoms with Gasteiger partial charge >= 0.3 is 5.97 Å². The SMILES string of the molecule is CCOC(=O)c1c(C)[nH]c(C(=O)N2CCC[C@H](C(=O)NCCc3ccco3)C2)c1C. The molecule has 2 N–H and O–H groups in total. The van der Waals surface area contributed by atoms with Gasteiger partial charge in [0.1, 0.15) is 11.5 Å². The van der Waals surface area contributed by atoms with E-state index in [1.165, 1.54) is 0 Å². The summed E-state index contributed by atoms with van der Waals surface area (Å²) < 4.78 is 10.4. The maximum Gasteiger partial charge on any atom is 0.340 e. The second kappa shape index (κ2) is 9.65. The number of furan rings is 1. The van der Waals surface area contributed by atoms with Gasteiger partial charge in [-0.2, -0.15) is 0 Å². The molecule has 1 aliphatic rings. The van der Waals surface area contributed by atoms with E-state index >= 15 is 0 Å². The number of H-pyrrole nitrogens is 1. The minimum atomic E-state index is -0.435. The summed E-state index contributed by atoms with van der Waals surface area (Å²) in [5.41, 5.74) is 1.98. The van der Waals surface area contributed by atoms with Crippen molar-refractivity contribution in [1.82, 2.24) is 15.2 Å². The first-order valence-electron chi connectivity index (χ1n) is 10.4. The molecule has 3 rings (SSSR count). The average Bonchev–Trinajstić information content (AvgIpc) is 3.35. The van der Waals surface area contributed by atoms with Crippen molar-refractivity contribution in [3.8, 4) is 0 Å². The van der Waals surface area contributed by atoms with E-state index in [4.69, 9.17) is 9.15 Å². The van der Waals surface area contributed by atoms with Crippen molar-refractivity contribution in [2.24, 2.45) is 5.92 Å². The molecule has 1 atom stereocenters. The van der Waals surface area contributed by atoms with Crippen LogP contribution in [0.25, 0.3) is 0 Å². The normalized spacial score (nSPS) is 16.4. The Morgan fingerprint density at radius 3 is 2.83 bits per heavy atom. The molecule has 0 saturated carbocycles. The van der Waals surface area contributed by atoms with E-state index in [2.05, 4.69) is 10.3 Å². The van der Waals surface area contributed by atoms with Crippen LogP contribution >= 0.6 is 0 Å². The van der Waals surface area contributed by atoms with Crippen LogP contribution in [0.2, 0.25) is 0 Å². The Bertz CT molecular complexity index is 900. The molecule has 0 aliphatic carbocycles. The van der Waals surface area contributed by atoms with Gasteiger partial charge < -0.3 is 24.4 Å². The lowest BCUT2D eigenvalue weighted by atomic mass is 9.96. The Labute approximate surface area is 176 Å². The first kappa shape index (κ1) is 21.7. The van der Waals surface area contributed by atoms with Gasteiger partial charge in [-0.1, -0.05) is 0 Å². The van der Waals surface area contributed by atoms with Gasteiger partial charge in [-0.25, -0.2) is 4.79 Å².